The van der Waals surface area contributed by atoms with Gasteiger partial charge in [0.2, 0.25) is 0 Å². The largest absolute Gasteiger partial charge is 0.507 e. The molecular formula is C24H28O7S. The molecule has 0 fully saturated rings. The summed E-state index contributed by atoms with van der Waals surface area (Å²) in [6.07, 6.45) is 1.68. The fourth-order valence-corrected chi connectivity index (χ4v) is 4.01. The van der Waals surface area contributed by atoms with Gasteiger partial charge in [-0.1, -0.05) is 13.3 Å². The number of hydrogen-bond donors (Lipinski definition) is 3. The summed E-state index contributed by atoms with van der Waals surface area (Å²) in [7, 11) is 0. The van der Waals surface area contributed by atoms with Gasteiger partial charge in [0.1, 0.15) is 17.2 Å². The lowest BCUT2D eigenvalue weighted by Crippen LogP contribution is -2.04. The first-order valence-corrected chi connectivity index (χ1v) is 11.4. The van der Waals surface area contributed by atoms with E-state index in [-0.39, 0.29) is 35.7 Å². The van der Waals surface area contributed by atoms with Crippen molar-refractivity contribution < 1.29 is 34.4 Å². The van der Waals surface area contributed by atoms with E-state index in [9.17, 15) is 24.6 Å². The van der Waals surface area contributed by atoms with E-state index < -0.39 is 11.8 Å². The first kappa shape index (κ1) is 25.3. The van der Waals surface area contributed by atoms with Crippen molar-refractivity contribution in [1.29, 1.82) is 0 Å². The van der Waals surface area contributed by atoms with Gasteiger partial charge in [0.15, 0.2) is 11.6 Å². The van der Waals surface area contributed by atoms with Gasteiger partial charge < -0.3 is 20.1 Å². The molecule has 0 aromatic heterocycles. The Labute approximate surface area is 191 Å². The molecule has 0 aliphatic heterocycles. The number of ketones is 2. The maximum Gasteiger partial charge on any atom is 0.303 e. The van der Waals surface area contributed by atoms with E-state index in [4.69, 9.17) is 9.84 Å². The molecule has 2 aromatic rings. The standard InChI is InChI=1S/C24H28O7S/c1-3-5-19-22(10-8-17(15(2)25)24(19)30)31-12-4-13-32-16-6-7-18(21(27)14-16)20(26)9-11-23(28)29/h6-8,10,14,27,30H,3-5,9,11-13H2,1-2H3,(H,28,29). The number of benzene rings is 2. The Kier molecular flexibility index (Phi) is 9.59. The summed E-state index contributed by atoms with van der Waals surface area (Å²) in [4.78, 5) is 35.0. The van der Waals surface area contributed by atoms with Crippen LogP contribution in [0.2, 0.25) is 0 Å². The number of phenols is 2. The Balaban J connectivity index is 1.88. The van der Waals surface area contributed by atoms with Crippen LogP contribution < -0.4 is 4.74 Å². The molecule has 0 aliphatic rings. The van der Waals surface area contributed by atoms with E-state index in [2.05, 4.69) is 0 Å². The molecule has 0 spiro atoms. The van der Waals surface area contributed by atoms with Gasteiger partial charge in [-0.3, -0.25) is 14.4 Å². The monoisotopic (exact) mass is 460 g/mol. The molecule has 0 bridgehead atoms. The van der Waals surface area contributed by atoms with Gasteiger partial charge in [-0.2, -0.15) is 0 Å². The number of phenolic OH excluding ortho intramolecular Hbond substituents is 2. The predicted octanol–water partition coefficient (Wildman–Crippen LogP) is 4.86. The van der Waals surface area contributed by atoms with Crippen LogP contribution in [0.25, 0.3) is 0 Å². The van der Waals surface area contributed by atoms with Crippen molar-refractivity contribution in [2.45, 2.75) is 50.8 Å². The maximum absolute atomic E-state index is 12.0. The summed E-state index contributed by atoms with van der Waals surface area (Å²) in [6.45, 7) is 3.82. The molecule has 32 heavy (non-hydrogen) atoms. The van der Waals surface area contributed by atoms with E-state index in [1.807, 2.05) is 6.92 Å². The molecule has 2 rings (SSSR count). The lowest BCUT2D eigenvalue weighted by molar-refractivity contribution is -0.136. The van der Waals surface area contributed by atoms with Gasteiger partial charge in [0.25, 0.3) is 0 Å². The van der Waals surface area contributed by atoms with Gasteiger partial charge >= 0.3 is 5.97 Å². The smallest absolute Gasteiger partial charge is 0.303 e. The summed E-state index contributed by atoms with van der Waals surface area (Å²) in [5.41, 5.74) is 1.05. The molecule has 0 aliphatic carbocycles. The number of aliphatic carboxylic acids is 1. The Hall–Kier alpha value is -3.00. The zero-order valence-electron chi connectivity index (χ0n) is 18.2. The van der Waals surface area contributed by atoms with E-state index in [1.165, 1.54) is 30.8 Å². The lowest BCUT2D eigenvalue weighted by Gasteiger charge is -2.14. The molecule has 0 unspecified atom stereocenters. The predicted molar refractivity (Wildman–Crippen MR) is 122 cm³/mol. The molecule has 0 atom stereocenters. The van der Waals surface area contributed by atoms with Gasteiger partial charge in [0, 0.05) is 22.6 Å². The number of aromatic hydroxyl groups is 2. The third-order valence-corrected chi connectivity index (χ3v) is 5.85. The van der Waals surface area contributed by atoms with Crippen molar-refractivity contribution >= 4 is 29.3 Å². The Morgan fingerprint density at radius 3 is 2.38 bits per heavy atom. The number of Topliss-reactive ketones (excluding diaryl/α,β-unsaturated/α-hetero) is 2. The minimum atomic E-state index is -1.06. The summed E-state index contributed by atoms with van der Waals surface area (Å²) in [5, 5.41) is 29.2. The number of rotatable bonds is 13. The molecule has 0 saturated carbocycles. The summed E-state index contributed by atoms with van der Waals surface area (Å²) in [5.74, 6) is -0.559. The van der Waals surface area contributed by atoms with Crippen molar-refractivity contribution in [3.05, 3.63) is 47.0 Å². The van der Waals surface area contributed by atoms with Crippen LogP contribution in [0.4, 0.5) is 0 Å². The molecule has 0 amide bonds. The van der Waals surface area contributed by atoms with Crippen molar-refractivity contribution in [3.8, 4) is 17.2 Å². The van der Waals surface area contributed by atoms with Crippen LogP contribution in [0.1, 0.15) is 65.8 Å². The van der Waals surface area contributed by atoms with E-state index in [0.717, 1.165) is 11.3 Å². The van der Waals surface area contributed by atoms with Crippen LogP contribution in [0.15, 0.2) is 35.2 Å². The first-order valence-electron chi connectivity index (χ1n) is 10.4. The summed E-state index contributed by atoms with van der Waals surface area (Å²) in [6, 6.07) is 8.01. The minimum Gasteiger partial charge on any atom is -0.507 e. The maximum atomic E-state index is 12.0. The number of thioether (sulfide) groups is 1. The van der Waals surface area contributed by atoms with Crippen LogP contribution >= 0.6 is 11.8 Å². The Bertz CT molecular complexity index is 985. The van der Waals surface area contributed by atoms with Crippen LogP contribution in [-0.2, 0) is 11.2 Å². The molecule has 0 saturated heterocycles. The number of carboxylic acid groups (broad SMARTS) is 1. The number of ether oxygens (including phenoxy) is 1. The lowest BCUT2D eigenvalue weighted by atomic mass is 10.0. The molecule has 2 aromatic carbocycles. The second-order valence-electron chi connectivity index (χ2n) is 7.29. The Morgan fingerprint density at radius 1 is 1.03 bits per heavy atom. The molecule has 172 valence electrons. The van der Waals surface area contributed by atoms with Gasteiger partial charge in [-0.15, -0.1) is 11.8 Å². The van der Waals surface area contributed by atoms with Crippen LogP contribution in [0, 0.1) is 0 Å². The number of carbonyl (C=O) groups excluding carboxylic acids is 2. The normalized spacial score (nSPS) is 10.7. The second-order valence-corrected chi connectivity index (χ2v) is 8.46. The highest BCUT2D eigenvalue weighted by Crippen LogP contribution is 2.33. The SMILES string of the molecule is CCCc1c(OCCCSc2ccc(C(=O)CCC(=O)O)c(O)c2)ccc(C(C)=O)c1O. The fourth-order valence-electron chi connectivity index (χ4n) is 3.15. The van der Waals surface area contributed by atoms with Crippen LogP contribution in [0.3, 0.4) is 0 Å². The average Bonchev–Trinajstić information content (AvgIpc) is 2.73. The first-order chi connectivity index (χ1) is 15.2. The topological polar surface area (TPSA) is 121 Å². The molecule has 0 radical (unpaired) electrons. The number of carbonyl (C=O) groups is 3. The highest BCUT2D eigenvalue weighted by molar-refractivity contribution is 7.99. The third kappa shape index (κ3) is 7.02. The van der Waals surface area contributed by atoms with Crippen molar-refractivity contribution in [2.75, 3.05) is 12.4 Å². The average molecular weight is 461 g/mol. The van der Waals surface area contributed by atoms with E-state index in [1.54, 1.807) is 18.2 Å². The van der Waals surface area contributed by atoms with Crippen molar-refractivity contribution in [1.82, 2.24) is 0 Å². The van der Waals surface area contributed by atoms with E-state index >= 15 is 0 Å². The van der Waals surface area contributed by atoms with Crippen molar-refractivity contribution in [3.63, 3.8) is 0 Å². The zero-order chi connectivity index (χ0) is 23.7. The second kappa shape index (κ2) is 12.1. The molecule has 3 N–H and O–H groups in total. The number of carboxylic acids is 1. The van der Waals surface area contributed by atoms with Crippen molar-refractivity contribution in [2.24, 2.45) is 0 Å². The highest BCUT2D eigenvalue weighted by Gasteiger charge is 2.16. The van der Waals surface area contributed by atoms with Crippen LogP contribution in [-0.4, -0.2) is 45.2 Å². The summed E-state index contributed by atoms with van der Waals surface area (Å²) < 4.78 is 5.84. The van der Waals surface area contributed by atoms with Gasteiger partial charge in [-0.05, 0) is 50.1 Å². The third-order valence-electron chi connectivity index (χ3n) is 4.77. The summed E-state index contributed by atoms with van der Waals surface area (Å²) >= 11 is 1.49. The zero-order valence-corrected chi connectivity index (χ0v) is 19.0. The van der Waals surface area contributed by atoms with Gasteiger partial charge in [0.05, 0.1) is 24.2 Å². The molecule has 8 heteroatoms. The van der Waals surface area contributed by atoms with E-state index in [0.29, 0.717) is 42.1 Å². The minimum absolute atomic E-state index is 0.0142. The molecule has 0 heterocycles. The fraction of sp³-hybridized carbons (Fsp3) is 0.375. The molecule has 7 nitrogen and oxygen atoms in total. The highest BCUT2D eigenvalue weighted by atomic mass is 32.2. The quantitative estimate of drug-likeness (QED) is 0.220. The molecular weight excluding hydrogens is 432 g/mol. The number of hydrogen-bond acceptors (Lipinski definition) is 7. The Morgan fingerprint density at radius 2 is 1.75 bits per heavy atom. The van der Waals surface area contributed by atoms with Crippen LogP contribution in [0.5, 0.6) is 17.2 Å². The van der Waals surface area contributed by atoms with Gasteiger partial charge in [-0.25, -0.2) is 0 Å².